The van der Waals surface area contributed by atoms with E-state index in [4.69, 9.17) is 25.3 Å². The second kappa shape index (κ2) is 16.1. The molecule has 0 aromatic rings. The van der Waals surface area contributed by atoms with Crippen LogP contribution in [0.2, 0.25) is 19.1 Å². The lowest BCUT2D eigenvalue weighted by molar-refractivity contribution is -0.128. The zero-order valence-electron chi connectivity index (χ0n) is 18.9. The molecule has 2 N–H and O–H groups in total. The van der Waals surface area contributed by atoms with Gasteiger partial charge in [-0.15, -0.1) is 0 Å². The molecule has 0 radical (unpaired) electrons. The van der Waals surface area contributed by atoms with Crippen molar-refractivity contribution in [2.24, 2.45) is 5.41 Å². The molecule has 0 saturated carbocycles. The number of ether oxygens (including phenoxy) is 3. The number of halogens is 1. The minimum Gasteiger partial charge on any atom is -0.377 e. The van der Waals surface area contributed by atoms with Crippen molar-refractivity contribution < 1.29 is 23.8 Å². The van der Waals surface area contributed by atoms with Gasteiger partial charge in [0.25, 0.3) is 0 Å². The SMILES string of the molecule is CC(C)(C)C(=O)NCCOCCOCCOCCNC(=O)CCCC[Si](C)(C)Cl. The third kappa shape index (κ3) is 20.4. The van der Waals surface area contributed by atoms with Crippen LogP contribution in [0, 0.1) is 5.41 Å². The molecule has 0 heterocycles. The molecule has 0 unspecified atom stereocenters. The Kier molecular flexibility index (Phi) is 15.7. The van der Waals surface area contributed by atoms with Crippen LogP contribution in [0.15, 0.2) is 0 Å². The molecule has 0 aromatic carbocycles. The van der Waals surface area contributed by atoms with E-state index in [0.29, 0.717) is 59.2 Å². The summed E-state index contributed by atoms with van der Waals surface area (Å²) in [6, 6.07) is 1.05. The van der Waals surface area contributed by atoms with Crippen molar-refractivity contribution in [3.63, 3.8) is 0 Å². The van der Waals surface area contributed by atoms with Crippen LogP contribution in [0.1, 0.15) is 40.0 Å². The fraction of sp³-hybridized carbons (Fsp3) is 0.900. The Balaban J connectivity index is 3.29. The van der Waals surface area contributed by atoms with Crippen molar-refractivity contribution in [1.82, 2.24) is 10.6 Å². The van der Waals surface area contributed by atoms with E-state index in [9.17, 15) is 9.59 Å². The van der Waals surface area contributed by atoms with Gasteiger partial charge in [-0.05, 0) is 12.5 Å². The first-order chi connectivity index (χ1) is 13.5. The lowest BCUT2D eigenvalue weighted by Crippen LogP contribution is -2.36. The highest BCUT2D eigenvalue weighted by Crippen LogP contribution is 2.18. The van der Waals surface area contributed by atoms with Gasteiger partial charge in [-0.1, -0.05) is 40.3 Å². The van der Waals surface area contributed by atoms with Crippen LogP contribution < -0.4 is 10.6 Å². The van der Waals surface area contributed by atoms with Crippen LogP contribution in [-0.2, 0) is 23.8 Å². The van der Waals surface area contributed by atoms with Gasteiger partial charge in [0, 0.05) is 24.9 Å². The Bertz CT molecular complexity index is 453. The van der Waals surface area contributed by atoms with Crippen LogP contribution in [0.3, 0.4) is 0 Å². The van der Waals surface area contributed by atoms with E-state index in [2.05, 4.69) is 23.7 Å². The predicted octanol–water partition coefficient (Wildman–Crippen LogP) is 2.93. The van der Waals surface area contributed by atoms with E-state index in [1.165, 1.54) is 0 Å². The van der Waals surface area contributed by atoms with Gasteiger partial charge >= 0.3 is 0 Å². The molecule has 0 aromatic heterocycles. The molecule has 0 saturated heterocycles. The first-order valence-corrected chi connectivity index (χ1v) is 14.7. The summed E-state index contributed by atoms with van der Waals surface area (Å²) in [4.78, 5) is 23.3. The normalized spacial score (nSPS) is 12.1. The molecule has 2 amide bonds. The van der Waals surface area contributed by atoms with Gasteiger partial charge in [0.2, 0.25) is 11.8 Å². The fourth-order valence-electron chi connectivity index (χ4n) is 2.23. The number of amides is 2. The van der Waals surface area contributed by atoms with Gasteiger partial charge in [-0.25, -0.2) is 0 Å². The zero-order chi connectivity index (χ0) is 22.2. The Morgan fingerprint density at radius 1 is 0.828 bits per heavy atom. The highest BCUT2D eigenvalue weighted by Gasteiger charge is 2.20. The van der Waals surface area contributed by atoms with Crippen molar-refractivity contribution in [2.75, 3.05) is 52.7 Å². The fourth-order valence-corrected chi connectivity index (χ4v) is 3.72. The van der Waals surface area contributed by atoms with E-state index < -0.39 is 7.38 Å². The standard InChI is InChI=1S/C20H41ClN2O5Si/c1-20(2,3)19(25)23-10-12-27-14-16-28-15-13-26-11-9-22-18(24)8-6-7-17-29(4,5)21/h6-17H2,1-5H3,(H,22,24)(H,23,25). The number of hydrogen-bond acceptors (Lipinski definition) is 5. The van der Waals surface area contributed by atoms with Gasteiger partial charge in [-0.2, -0.15) is 11.1 Å². The Morgan fingerprint density at radius 2 is 1.31 bits per heavy atom. The topological polar surface area (TPSA) is 85.9 Å². The van der Waals surface area contributed by atoms with Crippen LogP contribution >= 0.6 is 11.1 Å². The maximum absolute atomic E-state index is 11.7. The number of nitrogens with one attached hydrogen (secondary N) is 2. The van der Waals surface area contributed by atoms with Crippen LogP contribution in [0.25, 0.3) is 0 Å². The summed E-state index contributed by atoms with van der Waals surface area (Å²) in [5.41, 5.74) is -0.380. The largest absolute Gasteiger partial charge is 0.377 e. The minimum absolute atomic E-state index is 0.0163. The highest BCUT2D eigenvalue weighted by atomic mass is 35.6. The van der Waals surface area contributed by atoms with Crippen molar-refractivity contribution in [2.45, 2.75) is 59.2 Å². The minimum atomic E-state index is -1.51. The zero-order valence-corrected chi connectivity index (χ0v) is 20.7. The van der Waals surface area contributed by atoms with Crippen LogP contribution in [0.5, 0.6) is 0 Å². The monoisotopic (exact) mass is 452 g/mol. The second-order valence-electron chi connectivity index (χ2n) is 8.62. The first-order valence-electron chi connectivity index (χ1n) is 10.5. The molecule has 172 valence electrons. The molecule has 0 spiro atoms. The van der Waals surface area contributed by atoms with Crippen molar-refractivity contribution in [1.29, 1.82) is 0 Å². The highest BCUT2D eigenvalue weighted by molar-refractivity contribution is 7.19. The molecule has 9 heteroatoms. The summed E-state index contributed by atoms with van der Waals surface area (Å²) in [5, 5.41) is 5.67. The van der Waals surface area contributed by atoms with Crippen molar-refractivity contribution >= 4 is 30.3 Å². The van der Waals surface area contributed by atoms with E-state index in [1.807, 2.05) is 20.8 Å². The molecule has 0 bridgehead atoms. The molecule has 0 aliphatic rings. The number of hydrogen-bond donors (Lipinski definition) is 2. The summed E-state index contributed by atoms with van der Waals surface area (Å²) in [6.07, 6.45) is 2.44. The average Bonchev–Trinajstić information content (AvgIpc) is 2.60. The quantitative estimate of drug-likeness (QED) is 0.201. The molecule has 7 nitrogen and oxygen atoms in total. The van der Waals surface area contributed by atoms with Crippen LogP contribution in [0.4, 0.5) is 0 Å². The molecule has 0 aliphatic heterocycles. The Hall–Kier alpha value is -0.673. The summed E-state index contributed by atoms with van der Waals surface area (Å²) in [5.74, 6) is 0.0808. The Morgan fingerprint density at radius 3 is 1.79 bits per heavy atom. The summed E-state index contributed by atoms with van der Waals surface area (Å²) < 4.78 is 16.2. The molecule has 0 fully saturated rings. The maximum Gasteiger partial charge on any atom is 0.225 e. The molecular weight excluding hydrogens is 412 g/mol. The molecule has 29 heavy (non-hydrogen) atoms. The molecular formula is C20H41ClN2O5Si. The summed E-state index contributed by atoms with van der Waals surface area (Å²) >= 11 is 6.26. The van der Waals surface area contributed by atoms with Gasteiger partial charge < -0.3 is 24.8 Å². The third-order valence-corrected chi connectivity index (χ3v) is 6.06. The first kappa shape index (κ1) is 28.3. The molecule has 0 aliphatic carbocycles. The molecule has 0 rings (SSSR count). The van der Waals surface area contributed by atoms with E-state index in [-0.39, 0.29) is 17.2 Å². The number of unbranched alkanes of at least 4 members (excludes halogenated alkanes) is 1. The van der Waals surface area contributed by atoms with E-state index in [1.54, 1.807) is 0 Å². The maximum atomic E-state index is 11.7. The smallest absolute Gasteiger partial charge is 0.225 e. The lowest BCUT2D eigenvalue weighted by Gasteiger charge is -2.17. The number of carbonyl (C=O) groups is 2. The van der Waals surface area contributed by atoms with Gasteiger partial charge in [-0.3, -0.25) is 9.59 Å². The van der Waals surface area contributed by atoms with Crippen molar-refractivity contribution in [3.8, 4) is 0 Å². The second-order valence-corrected chi connectivity index (χ2v) is 15.6. The average molecular weight is 453 g/mol. The third-order valence-electron chi connectivity index (χ3n) is 3.95. The Labute approximate surface area is 182 Å². The van der Waals surface area contributed by atoms with E-state index >= 15 is 0 Å². The van der Waals surface area contributed by atoms with Gasteiger partial charge in [0.1, 0.15) is 7.38 Å². The van der Waals surface area contributed by atoms with E-state index in [0.717, 1.165) is 18.9 Å². The predicted molar refractivity (Wildman–Crippen MR) is 120 cm³/mol. The number of rotatable bonds is 17. The van der Waals surface area contributed by atoms with Gasteiger partial charge in [0.05, 0.1) is 39.6 Å². The molecule has 0 atom stereocenters. The number of carbonyl (C=O) groups excluding carboxylic acids is 2. The van der Waals surface area contributed by atoms with Gasteiger partial charge in [0.15, 0.2) is 0 Å². The van der Waals surface area contributed by atoms with Crippen LogP contribution in [-0.4, -0.2) is 71.9 Å². The summed E-state index contributed by atoms with van der Waals surface area (Å²) in [6.45, 7) is 13.7. The summed E-state index contributed by atoms with van der Waals surface area (Å²) in [7, 11) is -1.51. The lowest BCUT2D eigenvalue weighted by atomic mass is 9.96. The van der Waals surface area contributed by atoms with Crippen molar-refractivity contribution in [3.05, 3.63) is 0 Å².